The Morgan fingerprint density at radius 2 is 2.04 bits per heavy atom. The summed E-state index contributed by atoms with van der Waals surface area (Å²) < 4.78 is 5.55. The third kappa shape index (κ3) is 4.82. The van der Waals surface area contributed by atoms with E-state index in [-0.39, 0.29) is 0 Å². The largest absolute Gasteiger partial charge is 0.496 e. The fourth-order valence-electron chi connectivity index (χ4n) is 3.95. The maximum absolute atomic E-state index is 5.55. The molecule has 0 aromatic carbocycles. The Bertz CT molecular complexity index is 704. The van der Waals surface area contributed by atoms with Crippen LogP contribution in [0.4, 0.5) is 0 Å². The highest BCUT2D eigenvalue weighted by Crippen LogP contribution is 2.34. The van der Waals surface area contributed by atoms with E-state index in [0.29, 0.717) is 11.2 Å². The van der Waals surface area contributed by atoms with Gasteiger partial charge in [0.05, 0.1) is 12.8 Å². The van der Waals surface area contributed by atoms with Crippen molar-refractivity contribution < 1.29 is 4.74 Å². The molecule has 1 aromatic rings. The molecule has 2 aliphatic carbocycles. The number of aryl methyl sites for hydroxylation is 1. The summed E-state index contributed by atoms with van der Waals surface area (Å²) in [6.45, 7) is 4.18. The number of allylic oxidation sites excluding steroid dienone is 5. The quantitative estimate of drug-likeness (QED) is 0.524. The molecular weight excluding hydrogens is 338 g/mol. The van der Waals surface area contributed by atoms with Gasteiger partial charge < -0.3 is 4.74 Å². The van der Waals surface area contributed by atoms with Gasteiger partial charge in [-0.1, -0.05) is 36.0 Å². The number of aromatic nitrogens is 1. The van der Waals surface area contributed by atoms with Crippen molar-refractivity contribution >= 4 is 11.8 Å². The molecule has 3 heteroatoms. The van der Waals surface area contributed by atoms with E-state index in [1.54, 1.807) is 12.7 Å². The first kappa shape index (κ1) is 19.3. The van der Waals surface area contributed by atoms with E-state index >= 15 is 0 Å². The van der Waals surface area contributed by atoms with Crippen LogP contribution in [0, 0.1) is 19.8 Å². The summed E-state index contributed by atoms with van der Waals surface area (Å²) in [5.74, 6) is 2.54. The van der Waals surface area contributed by atoms with Crippen molar-refractivity contribution in [3.63, 3.8) is 0 Å². The number of nitrogens with zero attached hydrogens (tertiary/aromatic N) is 1. The lowest BCUT2D eigenvalue weighted by molar-refractivity contribution is 0.407. The maximum Gasteiger partial charge on any atom is 0.128 e. The van der Waals surface area contributed by atoms with E-state index < -0.39 is 0 Å². The number of thioether (sulfide) groups is 1. The van der Waals surface area contributed by atoms with Crippen LogP contribution in [0.25, 0.3) is 0 Å². The first-order valence-electron chi connectivity index (χ1n) is 9.82. The van der Waals surface area contributed by atoms with Crippen molar-refractivity contribution in [2.75, 3.05) is 7.11 Å². The monoisotopic (exact) mass is 369 g/mol. The molecule has 0 bridgehead atoms. The van der Waals surface area contributed by atoms with Gasteiger partial charge in [-0.3, -0.25) is 4.98 Å². The molecule has 2 aliphatic rings. The topological polar surface area (TPSA) is 22.1 Å². The summed E-state index contributed by atoms with van der Waals surface area (Å²) in [6, 6.07) is 0. The van der Waals surface area contributed by atoms with Gasteiger partial charge in [0.25, 0.3) is 0 Å². The van der Waals surface area contributed by atoms with E-state index in [1.807, 2.05) is 18.0 Å². The van der Waals surface area contributed by atoms with Crippen molar-refractivity contribution in [1.29, 1.82) is 0 Å². The van der Waals surface area contributed by atoms with Gasteiger partial charge in [0.2, 0.25) is 0 Å². The standard InChI is InChI=1S/C23H31NOS/c1-17-15-24-21(18(2)23(17)25-3)16-26-22-12-8-7-11-20(22)14-13-19-9-5-4-6-10-19/h7-9,11-12,15,20,22H,4-6,10,13-14,16H2,1-3H3. The molecule has 1 aromatic heterocycles. The van der Waals surface area contributed by atoms with Crippen LogP contribution in [0.2, 0.25) is 0 Å². The molecule has 1 heterocycles. The number of rotatable bonds is 7. The van der Waals surface area contributed by atoms with Gasteiger partial charge in [-0.25, -0.2) is 0 Å². The lowest BCUT2D eigenvalue weighted by Crippen LogP contribution is -2.16. The molecule has 0 spiro atoms. The second-order valence-corrected chi connectivity index (χ2v) is 8.57. The van der Waals surface area contributed by atoms with Crippen LogP contribution in [0.5, 0.6) is 5.75 Å². The molecule has 0 fully saturated rings. The van der Waals surface area contributed by atoms with Gasteiger partial charge in [0.15, 0.2) is 0 Å². The van der Waals surface area contributed by atoms with E-state index in [1.165, 1.54) is 44.1 Å². The van der Waals surface area contributed by atoms with E-state index in [0.717, 1.165) is 22.8 Å². The Morgan fingerprint density at radius 3 is 2.81 bits per heavy atom. The zero-order chi connectivity index (χ0) is 18.4. The predicted octanol–water partition coefficient (Wildman–Crippen LogP) is 6.33. The van der Waals surface area contributed by atoms with Crippen molar-refractivity contribution in [1.82, 2.24) is 4.98 Å². The third-order valence-electron chi connectivity index (χ3n) is 5.54. The Kier molecular flexibility index (Phi) is 7.01. The van der Waals surface area contributed by atoms with Gasteiger partial charge in [-0.15, -0.1) is 11.8 Å². The van der Waals surface area contributed by atoms with Crippen molar-refractivity contribution in [2.45, 2.75) is 63.4 Å². The molecule has 0 saturated heterocycles. The summed E-state index contributed by atoms with van der Waals surface area (Å²) in [7, 11) is 1.75. The normalized spacial score (nSPS) is 22.3. The summed E-state index contributed by atoms with van der Waals surface area (Å²) in [5, 5.41) is 0.540. The van der Waals surface area contributed by atoms with Gasteiger partial charge >= 0.3 is 0 Å². The lowest BCUT2D eigenvalue weighted by Gasteiger charge is -2.25. The number of ether oxygens (including phenoxy) is 1. The van der Waals surface area contributed by atoms with Gasteiger partial charge in [-0.2, -0.15) is 0 Å². The zero-order valence-corrected chi connectivity index (χ0v) is 17.1. The molecule has 3 rings (SSSR count). The van der Waals surface area contributed by atoms with Crippen LogP contribution in [0.1, 0.15) is 55.3 Å². The minimum Gasteiger partial charge on any atom is -0.496 e. The minimum atomic E-state index is 0.540. The highest BCUT2D eigenvalue weighted by atomic mass is 32.2. The van der Waals surface area contributed by atoms with Gasteiger partial charge in [0.1, 0.15) is 5.75 Å². The highest BCUT2D eigenvalue weighted by molar-refractivity contribution is 7.99. The molecule has 140 valence electrons. The number of hydrogen-bond donors (Lipinski definition) is 0. The minimum absolute atomic E-state index is 0.540. The summed E-state index contributed by atoms with van der Waals surface area (Å²) >= 11 is 2.01. The first-order chi connectivity index (χ1) is 12.7. The summed E-state index contributed by atoms with van der Waals surface area (Å²) in [5.41, 5.74) is 5.12. The van der Waals surface area contributed by atoms with Crippen molar-refractivity contribution in [3.8, 4) is 5.75 Å². The molecule has 2 atom stereocenters. The van der Waals surface area contributed by atoms with E-state index in [2.05, 4.69) is 49.2 Å². The Morgan fingerprint density at radius 1 is 1.19 bits per heavy atom. The Hall–Kier alpha value is -1.48. The smallest absolute Gasteiger partial charge is 0.128 e. The molecule has 0 amide bonds. The summed E-state index contributed by atoms with van der Waals surface area (Å²) in [6.07, 6.45) is 21.5. The molecular formula is C23H31NOS. The Balaban J connectivity index is 1.60. The fraction of sp³-hybridized carbons (Fsp3) is 0.522. The van der Waals surface area contributed by atoms with E-state index in [9.17, 15) is 0 Å². The Labute approximate surface area is 162 Å². The second-order valence-electron chi connectivity index (χ2n) is 7.40. The average molecular weight is 370 g/mol. The molecule has 2 unspecified atom stereocenters. The van der Waals surface area contributed by atoms with E-state index in [4.69, 9.17) is 4.74 Å². The van der Waals surface area contributed by atoms with Crippen LogP contribution in [-0.4, -0.2) is 17.3 Å². The molecule has 2 nitrogen and oxygen atoms in total. The fourth-order valence-corrected chi connectivity index (χ4v) is 5.27. The van der Waals surface area contributed by atoms with Crippen LogP contribution in [-0.2, 0) is 5.75 Å². The number of pyridine rings is 1. The molecule has 0 saturated carbocycles. The first-order valence-corrected chi connectivity index (χ1v) is 10.9. The predicted molar refractivity (Wildman–Crippen MR) is 113 cm³/mol. The highest BCUT2D eigenvalue weighted by Gasteiger charge is 2.21. The van der Waals surface area contributed by atoms with Crippen LogP contribution < -0.4 is 4.74 Å². The maximum atomic E-state index is 5.55. The molecule has 0 N–H and O–H groups in total. The van der Waals surface area contributed by atoms with Crippen LogP contribution in [0.3, 0.4) is 0 Å². The second kappa shape index (κ2) is 9.45. The van der Waals surface area contributed by atoms with Gasteiger partial charge in [-0.05, 0) is 58.3 Å². The summed E-state index contributed by atoms with van der Waals surface area (Å²) in [4.78, 5) is 4.66. The SMILES string of the molecule is COc1c(C)cnc(CSC2C=CC=CC2CCC2=CCCCC2)c1C. The number of methoxy groups -OCH3 is 1. The average Bonchev–Trinajstić information content (AvgIpc) is 2.68. The van der Waals surface area contributed by atoms with Crippen LogP contribution >= 0.6 is 11.8 Å². The molecule has 0 radical (unpaired) electrons. The van der Waals surface area contributed by atoms with Gasteiger partial charge in [0, 0.05) is 28.3 Å². The van der Waals surface area contributed by atoms with Crippen LogP contribution in [0.15, 0.2) is 42.2 Å². The van der Waals surface area contributed by atoms with Crippen molar-refractivity contribution in [2.24, 2.45) is 5.92 Å². The lowest BCUT2D eigenvalue weighted by atomic mass is 9.89. The van der Waals surface area contributed by atoms with Crippen molar-refractivity contribution in [3.05, 3.63) is 59.0 Å². The molecule has 0 aliphatic heterocycles. The molecule has 26 heavy (non-hydrogen) atoms. The third-order valence-corrected chi connectivity index (χ3v) is 6.87. The zero-order valence-electron chi connectivity index (χ0n) is 16.3. The number of hydrogen-bond acceptors (Lipinski definition) is 3.